The van der Waals surface area contributed by atoms with Gasteiger partial charge in [0.2, 0.25) is 0 Å². The highest BCUT2D eigenvalue weighted by atomic mass is 14.9. The van der Waals surface area contributed by atoms with Gasteiger partial charge in [-0.05, 0) is 38.8 Å². The summed E-state index contributed by atoms with van der Waals surface area (Å²) in [6.07, 6.45) is 3.24. The first-order valence-electron chi connectivity index (χ1n) is 6.44. The van der Waals surface area contributed by atoms with Crippen molar-refractivity contribution < 1.29 is 0 Å². The monoisotopic (exact) mass is 229 g/mol. The maximum absolute atomic E-state index is 3.50. The molecule has 0 aliphatic carbocycles. The van der Waals surface area contributed by atoms with Crippen molar-refractivity contribution in [2.45, 2.75) is 46.1 Å². The smallest absolute Gasteiger partial charge is 0.0243 e. The molecule has 0 spiro atoms. The molecule has 0 amide bonds. The molecule has 92 valence electrons. The zero-order valence-electron chi connectivity index (χ0n) is 11.2. The highest BCUT2D eigenvalue weighted by Gasteiger charge is 2.05. The van der Waals surface area contributed by atoms with E-state index in [2.05, 4.69) is 55.3 Å². The molecule has 1 rings (SSSR count). The van der Waals surface area contributed by atoms with Gasteiger partial charge >= 0.3 is 0 Å². The SMILES string of the molecule is CC#CCC(CCc1cccc(C)c1)NCC. The van der Waals surface area contributed by atoms with E-state index in [0.717, 1.165) is 25.8 Å². The normalized spacial score (nSPS) is 11.7. The van der Waals surface area contributed by atoms with Gasteiger partial charge in [0, 0.05) is 12.5 Å². The van der Waals surface area contributed by atoms with Crippen LogP contribution < -0.4 is 5.32 Å². The van der Waals surface area contributed by atoms with Crippen LogP contribution in [0.5, 0.6) is 0 Å². The van der Waals surface area contributed by atoms with Gasteiger partial charge in [0.25, 0.3) is 0 Å². The van der Waals surface area contributed by atoms with Crippen LogP contribution >= 0.6 is 0 Å². The second-order valence-electron chi connectivity index (χ2n) is 4.41. The summed E-state index contributed by atoms with van der Waals surface area (Å²) in [7, 11) is 0. The lowest BCUT2D eigenvalue weighted by molar-refractivity contribution is 0.503. The van der Waals surface area contributed by atoms with Crippen LogP contribution in [0.25, 0.3) is 0 Å². The Kier molecular flexibility index (Phi) is 6.43. The highest BCUT2D eigenvalue weighted by molar-refractivity contribution is 5.22. The van der Waals surface area contributed by atoms with E-state index < -0.39 is 0 Å². The van der Waals surface area contributed by atoms with Gasteiger partial charge in [-0.2, -0.15) is 0 Å². The number of aryl methyl sites for hydroxylation is 2. The molecule has 1 aromatic rings. The summed E-state index contributed by atoms with van der Waals surface area (Å²) >= 11 is 0. The lowest BCUT2D eigenvalue weighted by atomic mass is 10.0. The average molecular weight is 229 g/mol. The van der Waals surface area contributed by atoms with E-state index in [4.69, 9.17) is 0 Å². The number of hydrogen-bond acceptors (Lipinski definition) is 1. The minimum absolute atomic E-state index is 0.521. The number of nitrogens with one attached hydrogen (secondary N) is 1. The predicted octanol–water partition coefficient (Wildman–Crippen LogP) is 3.32. The largest absolute Gasteiger partial charge is 0.313 e. The molecule has 0 heterocycles. The van der Waals surface area contributed by atoms with Crippen molar-refractivity contribution in [2.75, 3.05) is 6.54 Å². The topological polar surface area (TPSA) is 12.0 Å². The summed E-state index contributed by atoms with van der Waals surface area (Å²) in [4.78, 5) is 0. The van der Waals surface area contributed by atoms with Crippen LogP contribution in [0, 0.1) is 18.8 Å². The molecule has 0 radical (unpaired) electrons. The molecular weight excluding hydrogens is 206 g/mol. The fourth-order valence-electron chi connectivity index (χ4n) is 2.00. The second-order valence-corrected chi connectivity index (χ2v) is 4.41. The van der Waals surface area contributed by atoms with Crippen LogP contribution in [0.3, 0.4) is 0 Å². The van der Waals surface area contributed by atoms with Crippen molar-refractivity contribution in [2.24, 2.45) is 0 Å². The summed E-state index contributed by atoms with van der Waals surface area (Å²) in [5.74, 6) is 6.14. The molecule has 1 atom stereocenters. The Morgan fingerprint density at radius 1 is 1.35 bits per heavy atom. The lowest BCUT2D eigenvalue weighted by Gasteiger charge is -2.15. The first-order chi connectivity index (χ1) is 8.26. The van der Waals surface area contributed by atoms with E-state index >= 15 is 0 Å². The second kappa shape index (κ2) is 7.92. The summed E-state index contributed by atoms with van der Waals surface area (Å²) in [5, 5.41) is 3.50. The zero-order chi connectivity index (χ0) is 12.5. The van der Waals surface area contributed by atoms with E-state index in [9.17, 15) is 0 Å². The molecule has 1 heteroatoms. The molecule has 0 saturated carbocycles. The number of hydrogen-bond donors (Lipinski definition) is 1. The molecule has 1 aromatic carbocycles. The van der Waals surface area contributed by atoms with Crippen LogP contribution in [0.15, 0.2) is 24.3 Å². The van der Waals surface area contributed by atoms with E-state index in [1.165, 1.54) is 11.1 Å². The Bertz CT molecular complexity index is 384. The van der Waals surface area contributed by atoms with Crippen LogP contribution in [0.4, 0.5) is 0 Å². The lowest BCUT2D eigenvalue weighted by Crippen LogP contribution is -2.28. The Labute approximate surface area is 106 Å². The maximum atomic E-state index is 3.50. The quantitative estimate of drug-likeness (QED) is 0.738. The van der Waals surface area contributed by atoms with Gasteiger partial charge in [-0.3, -0.25) is 0 Å². The van der Waals surface area contributed by atoms with Crippen LogP contribution in [-0.4, -0.2) is 12.6 Å². The van der Waals surface area contributed by atoms with Crippen LogP contribution in [-0.2, 0) is 6.42 Å². The summed E-state index contributed by atoms with van der Waals surface area (Å²) < 4.78 is 0. The predicted molar refractivity (Wildman–Crippen MR) is 75.0 cm³/mol. The molecule has 0 bridgehead atoms. The Morgan fingerprint density at radius 2 is 2.18 bits per heavy atom. The van der Waals surface area contributed by atoms with Crippen LogP contribution in [0.2, 0.25) is 0 Å². The Hall–Kier alpha value is -1.26. The molecular formula is C16H23N. The van der Waals surface area contributed by atoms with Gasteiger partial charge < -0.3 is 5.32 Å². The third-order valence-corrected chi connectivity index (χ3v) is 2.88. The molecule has 1 unspecified atom stereocenters. The van der Waals surface area contributed by atoms with Crippen LogP contribution in [0.1, 0.15) is 37.8 Å². The summed E-state index contributed by atoms with van der Waals surface area (Å²) in [6, 6.07) is 9.29. The van der Waals surface area contributed by atoms with E-state index in [1.807, 2.05) is 6.92 Å². The molecule has 1 nitrogen and oxygen atoms in total. The zero-order valence-corrected chi connectivity index (χ0v) is 11.2. The highest BCUT2D eigenvalue weighted by Crippen LogP contribution is 2.09. The van der Waals surface area contributed by atoms with Crippen molar-refractivity contribution in [3.8, 4) is 11.8 Å². The van der Waals surface area contributed by atoms with Gasteiger partial charge in [0.15, 0.2) is 0 Å². The average Bonchev–Trinajstić information content (AvgIpc) is 2.33. The van der Waals surface area contributed by atoms with Gasteiger partial charge in [-0.1, -0.05) is 36.8 Å². The first-order valence-corrected chi connectivity index (χ1v) is 6.44. The van der Waals surface area contributed by atoms with Gasteiger partial charge in [0.05, 0.1) is 0 Å². The third-order valence-electron chi connectivity index (χ3n) is 2.88. The van der Waals surface area contributed by atoms with Crippen molar-refractivity contribution in [3.63, 3.8) is 0 Å². The minimum Gasteiger partial charge on any atom is -0.313 e. The number of rotatable bonds is 6. The molecule has 0 aliphatic heterocycles. The van der Waals surface area contributed by atoms with Gasteiger partial charge in [0.1, 0.15) is 0 Å². The van der Waals surface area contributed by atoms with Crippen molar-refractivity contribution in [3.05, 3.63) is 35.4 Å². The molecule has 17 heavy (non-hydrogen) atoms. The van der Waals surface area contributed by atoms with Gasteiger partial charge in [-0.15, -0.1) is 11.8 Å². The van der Waals surface area contributed by atoms with Crippen molar-refractivity contribution in [1.82, 2.24) is 5.32 Å². The standard InChI is InChI=1S/C16H23N/c1-4-6-10-16(17-5-2)12-11-15-9-7-8-14(3)13-15/h7-9,13,16-17H,5,10-12H2,1-3H3. The number of benzene rings is 1. The molecule has 0 aromatic heterocycles. The fourth-order valence-corrected chi connectivity index (χ4v) is 2.00. The van der Waals surface area contributed by atoms with E-state index in [0.29, 0.717) is 6.04 Å². The Morgan fingerprint density at radius 3 is 2.82 bits per heavy atom. The maximum Gasteiger partial charge on any atom is 0.0243 e. The summed E-state index contributed by atoms with van der Waals surface area (Å²) in [5.41, 5.74) is 2.77. The van der Waals surface area contributed by atoms with Gasteiger partial charge in [-0.25, -0.2) is 0 Å². The van der Waals surface area contributed by atoms with Crippen molar-refractivity contribution in [1.29, 1.82) is 0 Å². The Balaban J connectivity index is 2.47. The first kappa shape index (κ1) is 13.8. The minimum atomic E-state index is 0.521. The van der Waals surface area contributed by atoms with Crippen molar-refractivity contribution >= 4 is 0 Å². The molecule has 1 N–H and O–H groups in total. The third kappa shape index (κ3) is 5.56. The summed E-state index contributed by atoms with van der Waals surface area (Å²) in [6.45, 7) is 7.22. The molecule has 0 aliphatic rings. The molecule has 0 saturated heterocycles. The fraction of sp³-hybridized carbons (Fsp3) is 0.500. The van der Waals surface area contributed by atoms with E-state index in [1.54, 1.807) is 0 Å². The molecule has 0 fully saturated rings. The van der Waals surface area contributed by atoms with E-state index in [-0.39, 0.29) is 0 Å².